The van der Waals surface area contributed by atoms with E-state index in [0.29, 0.717) is 19.7 Å². The molecule has 1 aliphatic heterocycles. The van der Waals surface area contributed by atoms with E-state index in [4.69, 9.17) is 9.47 Å². The van der Waals surface area contributed by atoms with Gasteiger partial charge < -0.3 is 14.4 Å². The smallest absolute Gasteiger partial charge is 0.246 e. The Kier molecular flexibility index (Phi) is 6.86. The average Bonchev–Trinajstić information content (AvgIpc) is 3.34. The van der Waals surface area contributed by atoms with Crippen molar-refractivity contribution in [3.8, 4) is 5.75 Å². The van der Waals surface area contributed by atoms with Crippen LogP contribution in [0.25, 0.3) is 6.08 Å². The van der Waals surface area contributed by atoms with Crippen LogP contribution in [0, 0.1) is 0 Å². The summed E-state index contributed by atoms with van der Waals surface area (Å²) in [6, 6.07) is 11.8. The zero-order chi connectivity index (χ0) is 18.2. The summed E-state index contributed by atoms with van der Waals surface area (Å²) in [4.78, 5) is 15.9. The molecule has 1 aromatic heterocycles. The van der Waals surface area contributed by atoms with Crippen molar-refractivity contribution in [1.29, 1.82) is 0 Å². The molecule has 1 aromatic carbocycles. The van der Waals surface area contributed by atoms with Crippen molar-refractivity contribution < 1.29 is 14.3 Å². The fourth-order valence-electron chi connectivity index (χ4n) is 3.03. The van der Waals surface area contributed by atoms with Gasteiger partial charge in [0.2, 0.25) is 5.91 Å². The second-order valence-corrected chi connectivity index (χ2v) is 7.27. The van der Waals surface area contributed by atoms with E-state index in [-0.39, 0.29) is 12.0 Å². The third-order valence-electron chi connectivity index (χ3n) is 4.31. The minimum Gasteiger partial charge on any atom is -0.493 e. The summed E-state index contributed by atoms with van der Waals surface area (Å²) in [5.74, 6) is 0.795. The van der Waals surface area contributed by atoms with Gasteiger partial charge in [-0.3, -0.25) is 4.79 Å². The van der Waals surface area contributed by atoms with E-state index in [9.17, 15) is 4.79 Å². The van der Waals surface area contributed by atoms with Gasteiger partial charge in [0.05, 0.1) is 19.3 Å². The maximum Gasteiger partial charge on any atom is 0.246 e. The molecule has 1 amide bonds. The Morgan fingerprint density at radius 3 is 2.96 bits per heavy atom. The van der Waals surface area contributed by atoms with Crippen LogP contribution in [-0.2, 0) is 16.1 Å². The molecule has 3 rings (SSSR count). The zero-order valence-corrected chi connectivity index (χ0v) is 15.9. The highest BCUT2D eigenvalue weighted by Gasteiger charge is 2.22. The minimum absolute atomic E-state index is 0.000187. The summed E-state index contributed by atoms with van der Waals surface area (Å²) in [6.45, 7) is 4.60. The molecular weight excluding hydrogens is 346 g/mol. The van der Waals surface area contributed by atoms with Crippen LogP contribution in [0.1, 0.15) is 30.2 Å². The van der Waals surface area contributed by atoms with Crippen molar-refractivity contribution in [1.82, 2.24) is 4.90 Å². The van der Waals surface area contributed by atoms with E-state index >= 15 is 0 Å². The Balaban J connectivity index is 1.71. The molecule has 0 aliphatic carbocycles. The van der Waals surface area contributed by atoms with Gasteiger partial charge in [-0.1, -0.05) is 24.3 Å². The van der Waals surface area contributed by atoms with Crippen LogP contribution >= 0.6 is 11.3 Å². The molecular formula is C21H25NO3S. The van der Waals surface area contributed by atoms with Crippen LogP contribution < -0.4 is 4.74 Å². The molecule has 1 saturated heterocycles. The van der Waals surface area contributed by atoms with Gasteiger partial charge >= 0.3 is 0 Å². The molecule has 138 valence electrons. The summed E-state index contributed by atoms with van der Waals surface area (Å²) in [5, 5.41) is 2.04. The molecule has 0 N–H and O–H groups in total. The average molecular weight is 372 g/mol. The number of amides is 1. The number of benzene rings is 1. The Labute approximate surface area is 159 Å². The first-order valence-corrected chi connectivity index (χ1v) is 9.97. The fourth-order valence-corrected chi connectivity index (χ4v) is 3.75. The lowest BCUT2D eigenvalue weighted by Gasteiger charge is -2.24. The Bertz CT molecular complexity index is 721. The van der Waals surface area contributed by atoms with Crippen LogP contribution in [0.5, 0.6) is 5.75 Å². The summed E-state index contributed by atoms with van der Waals surface area (Å²) in [7, 11) is 0. The Morgan fingerprint density at radius 1 is 1.35 bits per heavy atom. The second-order valence-electron chi connectivity index (χ2n) is 6.24. The molecule has 0 spiro atoms. The molecule has 1 unspecified atom stereocenters. The molecule has 2 aromatic rings. The van der Waals surface area contributed by atoms with Crippen LogP contribution in [0.3, 0.4) is 0 Å². The first-order valence-electron chi connectivity index (χ1n) is 9.09. The lowest BCUT2D eigenvalue weighted by molar-refractivity contribution is -0.128. The largest absolute Gasteiger partial charge is 0.493 e. The lowest BCUT2D eigenvalue weighted by atomic mass is 10.1. The topological polar surface area (TPSA) is 38.8 Å². The van der Waals surface area contributed by atoms with Gasteiger partial charge in [-0.05, 0) is 43.4 Å². The number of rotatable bonds is 8. The maximum absolute atomic E-state index is 12.8. The van der Waals surface area contributed by atoms with E-state index < -0.39 is 0 Å². The number of hydrogen-bond acceptors (Lipinski definition) is 4. The molecule has 1 aliphatic rings. The number of carbonyl (C=O) groups is 1. The van der Waals surface area contributed by atoms with Crippen molar-refractivity contribution in [2.75, 3.05) is 19.8 Å². The normalized spacial score (nSPS) is 16.9. The van der Waals surface area contributed by atoms with Gasteiger partial charge in [0.1, 0.15) is 5.75 Å². The maximum atomic E-state index is 12.8. The molecule has 0 radical (unpaired) electrons. The zero-order valence-electron chi connectivity index (χ0n) is 15.1. The predicted octanol–water partition coefficient (Wildman–Crippen LogP) is 4.37. The van der Waals surface area contributed by atoms with E-state index in [2.05, 4.69) is 6.07 Å². The van der Waals surface area contributed by atoms with Gasteiger partial charge in [-0.15, -0.1) is 11.3 Å². The molecule has 1 atom stereocenters. The molecule has 26 heavy (non-hydrogen) atoms. The molecule has 1 fully saturated rings. The SMILES string of the molecule is CCOc1ccccc1/C=C/C(=O)N(Cc1cccs1)CC1CCCO1. The molecule has 2 heterocycles. The third-order valence-corrected chi connectivity index (χ3v) is 5.17. The highest BCUT2D eigenvalue weighted by atomic mass is 32.1. The van der Waals surface area contributed by atoms with E-state index in [1.165, 1.54) is 4.88 Å². The monoisotopic (exact) mass is 371 g/mol. The summed E-state index contributed by atoms with van der Waals surface area (Å²) < 4.78 is 11.4. The van der Waals surface area contributed by atoms with Crippen molar-refractivity contribution >= 4 is 23.3 Å². The lowest BCUT2D eigenvalue weighted by Crippen LogP contribution is -2.35. The number of ether oxygens (including phenoxy) is 2. The Hall–Kier alpha value is -2.11. The first-order chi connectivity index (χ1) is 12.8. The number of hydrogen-bond donors (Lipinski definition) is 0. The minimum atomic E-state index is 0.000187. The molecule has 5 heteroatoms. The quantitative estimate of drug-likeness (QED) is 0.647. The van der Waals surface area contributed by atoms with Crippen LogP contribution in [-0.4, -0.2) is 36.7 Å². The predicted molar refractivity (Wildman–Crippen MR) is 105 cm³/mol. The van der Waals surface area contributed by atoms with Crippen molar-refractivity contribution in [3.05, 3.63) is 58.3 Å². The number of para-hydroxylation sites is 1. The summed E-state index contributed by atoms with van der Waals surface area (Å²) in [5.41, 5.74) is 0.913. The van der Waals surface area contributed by atoms with Gasteiger partial charge in [-0.2, -0.15) is 0 Å². The van der Waals surface area contributed by atoms with Gasteiger partial charge in [-0.25, -0.2) is 0 Å². The van der Waals surface area contributed by atoms with Gasteiger partial charge in [0, 0.05) is 29.7 Å². The summed E-state index contributed by atoms with van der Waals surface area (Å²) >= 11 is 1.67. The third kappa shape index (κ3) is 5.19. The Morgan fingerprint density at radius 2 is 2.23 bits per heavy atom. The van der Waals surface area contributed by atoms with Crippen molar-refractivity contribution in [2.45, 2.75) is 32.4 Å². The van der Waals surface area contributed by atoms with Crippen LogP contribution in [0.4, 0.5) is 0 Å². The van der Waals surface area contributed by atoms with Crippen molar-refractivity contribution in [3.63, 3.8) is 0 Å². The van der Waals surface area contributed by atoms with E-state index in [1.54, 1.807) is 17.4 Å². The van der Waals surface area contributed by atoms with Gasteiger partial charge in [0.25, 0.3) is 0 Å². The van der Waals surface area contributed by atoms with E-state index in [0.717, 1.165) is 30.8 Å². The first kappa shape index (κ1) is 18.7. The molecule has 0 bridgehead atoms. The number of thiophene rings is 1. The van der Waals surface area contributed by atoms with Crippen LogP contribution in [0.15, 0.2) is 47.9 Å². The number of nitrogens with zero attached hydrogens (tertiary/aromatic N) is 1. The molecule has 4 nitrogen and oxygen atoms in total. The highest BCUT2D eigenvalue weighted by Crippen LogP contribution is 2.21. The van der Waals surface area contributed by atoms with E-state index in [1.807, 2.05) is 53.6 Å². The second kappa shape index (κ2) is 9.55. The number of carbonyl (C=O) groups excluding carboxylic acids is 1. The summed E-state index contributed by atoms with van der Waals surface area (Å²) in [6.07, 6.45) is 5.71. The van der Waals surface area contributed by atoms with Crippen LogP contribution in [0.2, 0.25) is 0 Å². The fraction of sp³-hybridized carbons (Fsp3) is 0.381. The highest BCUT2D eigenvalue weighted by molar-refractivity contribution is 7.09. The van der Waals surface area contributed by atoms with Gasteiger partial charge in [0.15, 0.2) is 0 Å². The van der Waals surface area contributed by atoms with Crippen molar-refractivity contribution in [2.24, 2.45) is 0 Å². The standard InChI is InChI=1S/C21H25NO3S/c1-2-24-20-10-4-3-7-17(20)11-12-21(23)22(15-18-8-5-13-25-18)16-19-9-6-14-26-19/h3-4,6-7,9-12,14,18H,2,5,8,13,15-16H2,1H3/b12-11+. The molecule has 0 saturated carbocycles.